The van der Waals surface area contributed by atoms with Crippen LogP contribution < -0.4 is 5.32 Å². The Kier molecular flexibility index (Phi) is 3.79. The minimum absolute atomic E-state index is 0.437. The Hall–Kier alpha value is -0.120. The summed E-state index contributed by atoms with van der Waals surface area (Å²) in [5, 5.41) is 3.53. The average Bonchev–Trinajstić information content (AvgIpc) is 2.63. The molecular weight excluding hydrogens is 178 g/mol. The summed E-state index contributed by atoms with van der Waals surface area (Å²) >= 11 is 0. The molecule has 0 spiro atoms. The normalized spacial score (nSPS) is 38.8. The van der Waals surface area contributed by atoms with Crippen molar-refractivity contribution >= 4 is 0 Å². The van der Waals surface area contributed by atoms with E-state index in [9.17, 15) is 0 Å². The zero-order chi connectivity index (χ0) is 9.80. The van der Waals surface area contributed by atoms with Gasteiger partial charge in [-0.2, -0.15) is 0 Å². The Bertz CT molecular complexity index is 164. The lowest BCUT2D eigenvalue weighted by Gasteiger charge is -2.24. The molecule has 3 heteroatoms. The number of hydrogen-bond acceptors (Lipinski definition) is 3. The Morgan fingerprint density at radius 1 is 1.29 bits per heavy atom. The van der Waals surface area contributed by atoms with Crippen LogP contribution in [0.2, 0.25) is 0 Å². The summed E-state index contributed by atoms with van der Waals surface area (Å²) in [6, 6.07) is 0.559. The molecule has 2 fully saturated rings. The molecular formula is C11H21NO2. The number of hydrogen-bond donors (Lipinski definition) is 1. The Labute approximate surface area is 86.2 Å². The van der Waals surface area contributed by atoms with E-state index in [0.29, 0.717) is 18.2 Å². The van der Waals surface area contributed by atoms with E-state index < -0.39 is 0 Å². The van der Waals surface area contributed by atoms with Crippen LogP contribution in [-0.2, 0) is 9.47 Å². The van der Waals surface area contributed by atoms with Crippen LogP contribution in [0.5, 0.6) is 0 Å². The summed E-state index contributed by atoms with van der Waals surface area (Å²) in [6.45, 7) is 4.97. The first-order chi connectivity index (χ1) is 6.84. The van der Waals surface area contributed by atoms with Crippen molar-refractivity contribution in [2.24, 2.45) is 0 Å². The summed E-state index contributed by atoms with van der Waals surface area (Å²) in [7, 11) is 0. The zero-order valence-corrected chi connectivity index (χ0v) is 9.00. The van der Waals surface area contributed by atoms with Gasteiger partial charge in [0.2, 0.25) is 0 Å². The topological polar surface area (TPSA) is 30.5 Å². The van der Waals surface area contributed by atoms with Gasteiger partial charge in [0.25, 0.3) is 0 Å². The molecule has 1 N–H and O–H groups in total. The van der Waals surface area contributed by atoms with Gasteiger partial charge in [-0.1, -0.05) is 0 Å². The highest BCUT2D eigenvalue weighted by Gasteiger charge is 2.22. The highest BCUT2D eigenvalue weighted by Crippen LogP contribution is 2.18. The van der Waals surface area contributed by atoms with Gasteiger partial charge in [-0.25, -0.2) is 0 Å². The molecule has 0 aromatic heterocycles. The van der Waals surface area contributed by atoms with E-state index in [1.54, 1.807) is 0 Å². The molecule has 14 heavy (non-hydrogen) atoms. The third-order valence-corrected chi connectivity index (χ3v) is 3.11. The van der Waals surface area contributed by atoms with Crippen LogP contribution in [0.1, 0.15) is 32.6 Å². The summed E-state index contributed by atoms with van der Waals surface area (Å²) in [4.78, 5) is 0. The first kappa shape index (κ1) is 10.4. The van der Waals surface area contributed by atoms with Crippen LogP contribution in [0.15, 0.2) is 0 Å². The third kappa shape index (κ3) is 2.94. The van der Waals surface area contributed by atoms with Crippen molar-refractivity contribution in [3.63, 3.8) is 0 Å². The lowest BCUT2D eigenvalue weighted by Crippen LogP contribution is -2.40. The summed E-state index contributed by atoms with van der Waals surface area (Å²) in [5.74, 6) is 0. The minimum atomic E-state index is 0.437. The van der Waals surface area contributed by atoms with Gasteiger partial charge >= 0.3 is 0 Å². The number of rotatable bonds is 3. The molecule has 3 nitrogen and oxygen atoms in total. The van der Waals surface area contributed by atoms with Gasteiger partial charge in [0.15, 0.2) is 0 Å². The fourth-order valence-corrected chi connectivity index (χ4v) is 2.24. The quantitative estimate of drug-likeness (QED) is 0.743. The molecule has 2 aliphatic rings. The Morgan fingerprint density at radius 3 is 2.86 bits per heavy atom. The second-order valence-corrected chi connectivity index (χ2v) is 4.47. The molecule has 0 aromatic rings. The van der Waals surface area contributed by atoms with Gasteiger partial charge in [-0.3, -0.25) is 0 Å². The van der Waals surface area contributed by atoms with E-state index in [0.717, 1.165) is 19.8 Å². The monoisotopic (exact) mass is 199 g/mol. The number of ether oxygens (including phenoxy) is 2. The molecule has 2 rings (SSSR count). The zero-order valence-electron chi connectivity index (χ0n) is 9.00. The van der Waals surface area contributed by atoms with Gasteiger partial charge in [-0.15, -0.1) is 0 Å². The molecule has 2 aliphatic heterocycles. The first-order valence-corrected chi connectivity index (χ1v) is 5.81. The van der Waals surface area contributed by atoms with Crippen LogP contribution in [0.4, 0.5) is 0 Å². The highest BCUT2D eigenvalue weighted by atomic mass is 16.5. The lowest BCUT2D eigenvalue weighted by molar-refractivity contribution is 0.0394. The van der Waals surface area contributed by atoms with Crippen molar-refractivity contribution in [3.05, 3.63) is 0 Å². The van der Waals surface area contributed by atoms with E-state index in [1.807, 2.05) is 0 Å². The molecule has 3 unspecified atom stereocenters. The number of nitrogens with one attached hydrogen (secondary N) is 1. The Balaban J connectivity index is 1.61. The smallest absolute Gasteiger partial charge is 0.0704 e. The van der Waals surface area contributed by atoms with Crippen LogP contribution >= 0.6 is 0 Å². The van der Waals surface area contributed by atoms with Crippen molar-refractivity contribution in [3.8, 4) is 0 Å². The van der Waals surface area contributed by atoms with Gasteiger partial charge in [-0.05, 0) is 32.6 Å². The second kappa shape index (κ2) is 5.10. The molecule has 2 heterocycles. The lowest BCUT2D eigenvalue weighted by atomic mass is 10.1. The molecule has 0 aromatic carbocycles. The van der Waals surface area contributed by atoms with Gasteiger partial charge in [0.05, 0.1) is 18.8 Å². The van der Waals surface area contributed by atoms with Crippen LogP contribution in [0.3, 0.4) is 0 Å². The van der Waals surface area contributed by atoms with Crippen molar-refractivity contribution in [2.75, 3.05) is 19.8 Å². The van der Waals surface area contributed by atoms with Crippen molar-refractivity contribution in [2.45, 2.75) is 50.9 Å². The highest BCUT2D eigenvalue weighted by molar-refractivity contribution is 4.76. The standard InChI is InChI=1S/C11H21NO2/c1-9-4-5-11(14-9)7-12-10-3-2-6-13-8-10/h9-12H,2-8H2,1H3. The summed E-state index contributed by atoms with van der Waals surface area (Å²) in [5.41, 5.74) is 0. The van der Waals surface area contributed by atoms with Crippen molar-refractivity contribution in [1.29, 1.82) is 0 Å². The van der Waals surface area contributed by atoms with Gasteiger partial charge in [0, 0.05) is 19.2 Å². The van der Waals surface area contributed by atoms with Crippen LogP contribution in [0.25, 0.3) is 0 Å². The fraction of sp³-hybridized carbons (Fsp3) is 1.00. The molecule has 0 amide bonds. The van der Waals surface area contributed by atoms with Crippen molar-refractivity contribution in [1.82, 2.24) is 5.32 Å². The van der Waals surface area contributed by atoms with E-state index >= 15 is 0 Å². The first-order valence-electron chi connectivity index (χ1n) is 5.81. The maximum Gasteiger partial charge on any atom is 0.0704 e. The maximum atomic E-state index is 5.75. The van der Waals surface area contributed by atoms with Crippen LogP contribution in [-0.4, -0.2) is 38.0 Å². The van der Waals surface area contributed by atoms with Gasteiger partial charge < -0.3 is 14.8 Å². The predicted octanol–water partition coefficient (Wildman–Crippen LogP) is 1.32. The molecule has 0 aliphatic carbocycles. The van der Waals surface area contributed by atoms with Crippen molar-refractivity contribution < 1.29 is 9.47 Å². The second-order valence-electron chi connectivity index (χ2n) is 4.47. The third-order valence-electron chi connectivity index (χ3n) is 3.11. The van der Waals surface area contributed by atoms with Crippen LogP contribution in [0, 0.1) is 0 Å². The van der Waals surface area contributed by atoms with Gasteiger partial charge in [0.1, 0.15) is 0 Å². The molecule has 0 radical (unpaired) electrons. The predicted molar refractivity (Wildman–Crippen MR) is 55.4 cm³/mol. The molecule has 0 bridgehead atoms. The average molecular weight is 199 g/mol. The molecule has 82 valence electrons. The van der Waals surface area contributed by atoms with E-state index in [4.69, 9.17) is 9.47 Å². The minimum Gasteiger partial charge on any atom is -0.380 e. The van der Waals surface area contributed by atoms with E-state index in [-0.39, 0.29) is 0 Å². The molecule has 2 saturated heterocycles. The molecule has 0 saturated carbocycles. The fourth-order valence-electron chi connectivity index (χ4n) is 2.24. The molecule has 3 atom stereocenters. The Morgan fingerprint density at radius 2 is 2.21 bits per heavy atom. The SMILES string of the molecule is CC1CCC(CNC2CCCOC2)O1. The summed E-state index contributed by atoms with van der Waals surface area (Å²) in [6.07, 6.45) is 5.77. The van der Waals surface area contributed by atoms with E-state index in [1.165, 1.54) is 25.7 Å². The van der Waals surface area contributed by atoms with E-state index in [2.05, 4.69) is 12.2 Å². The maximum absolute atomic E-state index is 5.75. The largest absolute Gasteiger partial charge is 0.380 e. The summed E-state index contributed by atoms with van der Waals surface area (Å²) < 4.78 is 11.2.